The lowest BCUT2D eigenvalue weighted by molar-refractivity contribution is 0.0955. The number of carbonyl (C=O) groups is 1. The van der Waals surface area contributed by atoms with Crippen LogP contribution in [-0.2, 0) is 11.8 Å². The van der Waals surface area contributed by atoms with Crippen LogP contribution in [0.3, 0.4) is 0 Å². The van der Waals surface area contributed by atoms with E-state index in [-0.39, 0.29) is 40.4 Å². The Hall–Kier alpha value is -6.09. The zero-order valence-electron chi connectivity index (χ0n) is 24.6. The maximum absolute atomic E-state index is 13.6. The van der Waals surface area contributed by atoms with E-state index in [2.05, 4.69) is 31.4 Å². The van der Waals surface area contributed by atoms with Gasteiger partial charge in [0, 0.05) is 27.4 Å². The molecule has 0 fully saturated rings. The number of pyridine rings is 1. The molecular weight excluding hydrogens is 692 g/mol. The van der Waals surface area contributed by atoms with Gasteiger partial charge in [0.15, 0.2) is 11.2 Å². The Bertz CT molecular complexity index is 2840. The first-order valence-corrected chi connectivity index (χ1v) is 15.0. The van der Waals surface area contributed by atoms with Crippen molar-refractivity contribution in [1.82, 2.24) is 10.4 Å². The topological polar surface area (TPSA) is 239 Å². The summed E-state index contributed by atoms with van der Waals surface area (Å²) in [5.74, 6) is -3.24. The summed E-state index contributed by atoms with van der Waals surface area (Å²) in [5, 5.41) is 35.7. The van der Waals surface area contributed by atoms with Gasteiger partial charge in [-0.15, -0.1) is 0 Å². The average molecular weight is 713 g/mol. The molecule has 48 heavy (non-hydrogen) atoms. The number of nitrogens with zero attached hydrogens (tertiary/aromatic N) is 1. The number of nitrogens with one attached hydrogen (secondary N) is 2. The van der Waals surface area contributed by atoms with Gasteiger partial charge in [0.2, 0.25) is 16.3 Å². The number of benzene rings is 2. The van der Waals surface area contributed by atoms with Crippen LogP contribution in [0.4, 0.5) is 5.69 Å². The van der Waals surface area contributed by atoms with E-state index in [4.69, 9.17) is 10.5 Å². The van der Waals surface area contributed by atoms with Gasteiger partial charge in [-0.1, -0.05) is 6.07 Å². The highest BCUT2D eigenvalue weighted by Crippen LogP contribution is 2.54. The molecule has 0 radical (unpaired) electrons. The van der Waals surface area contributed by atoms with Gasteiger partial charge in [0.25, 0.3) is 11.5 Å². The lowest BCUT2D eigenvalue weighted by Crippen LogP contribution is -2.51. The second kappa shape index (κ2) is 10.5. The number of anilines is 1. The summed E-state index contributed by atoms with van der Waals surface area (Å²) >= 11 is 3.25. The van der Waals surface area contributed by atoms with Gasteiger partial charge in [0.1, 0.15) is 22.7 Å². The third-order valence-corrected chi connectivity index (χ3v) is 9.59. The predicted octanol–water partition coefficient (Wildman–Crippen LogP) is -0.378. The number of hydrazone groups is 1. The normalized spacial score (nSPS) is 16.7. The first-order chi connectivity index (χ1) is 22.8. The van der Waals surface area contributed by atoms with Crippen molar-refractivity contribution in [3.05, 3.63) is 135 Å². The van der Waals surface area contributed by atoms with Crippen molar-refractivity contribution in [3.63, 3.8) is 0 Å². The van der Waals surface area contributed by atoms with Gasteiger partial charge in [-0.2, -0.15) is 5.10 Å². The zero-order valence-corrected chi connectivity index (χ0v) is 26.1. The van der Waals surface area contributed by atoms with E-state index in [0.29, 0.717) is 15.7 Å². The van der Waals surface area contributed by atoms with Crippen LogP contribution in [0.25, 0.3) is 22.3 Å². The Labute approximate surface area is 273 Å². The number of halogens is 1. The van der Waals surface area contributed by atoms with E-state index in [1.165, 1.54) is 24.4 Å². The molecule has 1 spiro atoms. The molecule has 7 N–H and O–H groups in total. The monoisotopic (exact) mass is 712 g/mol. The Morgan fingerprint density at radius 2 is 1.67 bits per heavy atom. The fourth-order valence-corrected chi connectivity index (χ4v) is 7.11. The summed E-state index contributed by atoms with van der Waals surface area (Å²) < 4.78 is 5.42. The van der Waals surface area contributed by atoms with Crippen molar-refractivity contribution >= 4 is 56.0 Å². The molecular formula is C33H21BrN4O10. The number of ether oxygens (including phenoxy) is 1. The summed E-state index contributed by atoms with van der Waals surface area (Å²) in [7, 11) is 1.11. The van der Waals surface area contributed by atoms with Crippen LogP contribution in [-0.4, -0.2) is 39.5 Å². The highest BCUT2D eigenvalue weighted by Gasteiger charge is 2.53. The van der Waals surface area contributed by atoms with Crippen molar-refractivity contribution in [2.24, 2.45) is 5.10 Å². The van der Waals surface area contributed by atoms with Gasteiger partial charge >= 0.3 is 0 Å². The molecule has 0 saturated carbocycles. The lowest BCUT2D eigenvalue weighted by atomic mass is 9.78. The molecule has 4 aliphatic rings. The summed E-state index contributed by atoms with van der Waals surface area (Å²) in [6, 6.07) is 8.35. The van der Waals surface area contributed by atoms with Crippen LogP contribution in [0.5, 0.6) is 11.5 Å². The number of aliphatic hydroxyl groups excluding tert-OH is 2. The number of aliphatic hydroxyl groups is 2. The van der Waals surface area contributed by atoms with Gasteiger partial charge < -0.3 is 30.8 Å². The Balaban J connectivity index is 1.37. The highest BCUT2D eigenvalue weighted by molar-refractivity contribution is 9.10. The van der Waals surface area contributed by atoms with E-state index in [1.54, 1.807) is 12.1 Å². The number of aromatic amines is 1. The second-order valence-electron chi connectivity index (χ2n) is 11.4. The van der Waals surface area contributed by atoms with Crippen LogP contribution in [0.1, 0.15) is 33.6 Å². The molecule has 240 valence electrons. The van der Waals surface area contributed by atoms with Crippen molar-refractivity contribution in [3.8, 4) is 11.5 Å². The number of amides is 1. The molecule has 1 aromatic heterocycles. The molecule has 0 saturated heterocycles. The second-order valence-corrected chi connectivity index (χ2v) is 12.2. The number of phenolic OH excluding ortho intramolecular Hbond substituents is 1. The standard InChI is InChI=1S/C33H21BrN4O10/c1-48-18-9-17(39)20-21(25(18)40)27(42)23-22(26(20)41)29(44)33(30(23)45)5-4-11-6-13-7-14(37-32(47)19(13)28(43)24(11)33)10-36-38-31(46)12-2-3-16(35)15(34)8-12/h2-3,6-10,43-45H,4-5,35H2,1H3,(H,37,47)(H,38,46)/b36-10+/t33-/m0/s1. The number of hydrogen-bond acceptors (Lipinski definition) is 12. The van der Waals surface area contributed by atoms with E-state index in [9.17, 15) is 44.1 Å². The molecule has 4 aliphatic carbocycles. The Morgan fingerprint density at radius 3 is 2.33 bits per heavy atom. The molecule has 0 aliphatic heterocycles. The average Bonchev–Trinajstić information content (AvgIpc) is 3.54. The smallest absolute Gasteiger partial charge is 0.271 e. The number of aromatic hydroxyl groups is 1. The number of H-pyrrole nitrogens is 1. The van der Waals surface area contributed by atoms with Crippen molar-refractivity contribution < 1.29 is 24.9 Å². The third kappa shape index (κ3) is 4.00. The number of nitrogens with two attached hydrogens (primary N) is 1. The minimum absolute atomic E-state index is 0.111. The summed E-state index contributed by atoms with van der Waals surface area (Å²) in [5.41, 5.74) is 2.10. The van der Waals surface area contributed by atoms with Crippen molar-refractivity contribution in [2.75, 3.05) is 12.8 Å². The number of aryl methyl sites for hydroxylation is 1. The Kier molecular flexibility index (Phi) is 6.66. The minimum atomic E-state index is -2.02. The zero-order chi connectivity index (χ0) is 34.4. The molecule has 7 rings (SSSR count). The number of fused-ring (bicyclic) bond motifs is 4. The number of nitrogen functional groups attached to an aromatic ring is 1. The van der Waals surface area contributed by atoms with Crippen LogP contribution in [0.15, 0.2) is 69.9 Å². The number of aromatic nitrogens is 1. The molecule has 1 atom stereocenters. The van der Waals surface area contributed by atoms with Crippen molar-refractivity contribution in [2.45, 2.75) is 18.3 Å². The van der Waals surface area contributed by atoms with Crippen LogP contribution >= 0.6 is 15.9 Å². The molecule has 1 heterocycles. The van der Waals surface area contributed by atoms with Gasteiger partial charge in [0.05, 0.1) is 45.3 Å². The molecule has 0 unspecified atom stereocenters. The maximum atomic E-state index is 13.6. The number of hydrogen-bond donors (Lipinski definition) is 6. The van der Waals surface area contributed by atoms with E-state index < -0.39 is 82.5 Å². The molecule has 1 amide bonds. The van der Waals surface area contributed by atoms with Crippen LogP contribution in [0, 0.1) is 10.4 Å². The van der Waals surface area contributed by atoms with E-state index in [1.807, 2.05) is 0 Å². The lowest BCUT2D eigenvalue weighted by Gasteiger charge is -2.27. The fraction of sp³-hybridized carbons (Fsp3) is 0.121. The van der Waals surface area contributed by atoms with Gasteiger partial charge in [-0.25, -0.2) is 5.43 Å². The van der Waals surface area contributed by atoms with Gasteiger partial charge in [-0.05, 0) is 64.0 Å². The minimum Gasteiger partial charge on any atom is -0.510 e. The first kappa shape index (κ1) is 30.6. The molecule has 0 bridgehead atoms. The summed E-state index contributed by atoms with van der Waals surface area (Å²) in [6.07, 6.45) is 1.16. The van der Waals surface area contributed by atoms with Crippen LogP contribution in [0.2, 0.25) is 0 Å². The summed E-state index contributed by atoms with van der Waals surface area (Å²) in [6.45, 7) is 0. The number of methoxy groups -OCH3 is 1. The Morgan fingerprint density at radius 1 is 0.979 bits per heavy atom. The van der Waals surface area contributed by atoms with Crippen molar-refractivity contribution in [1.29, 1.82) is 0 Å². The molecule has 15 heteroatoms. The number of carbonyl (C=O) groups excluding carboxylic acids is 1. The SMILES string of the molecule is COc1cc(=O)c2c(=O)c3c(c(=O)c=2c1=O)=C(O)[C@]1(CCc2cc4cc(/C=N/NC(=O)c5ccc(N)c(Br)c5)[nH]c(=O)c4c(O)c21)C=3O. The number of phenols is 1. The quantitative estimate of drug-likeness (QED) is 0.0798. The van der Waals surface area contributed by atoms with E-state index in [0.717, 1.165) is 13.2 Å². The largest absolute Gasteiger partial charge is 0.510 e. The third-order valence-electron chi connectivity index (χ3n) is 8.91. The first-order valence-electron chi connectivity index (χ1n) is 14.2. The fourth-order valence-electron chi connectivity index (χ4n) is 6.73. The summed E-state index contributed by atoms with van der Waals surface area (Å²) in [4.78, 5) is 81.3. The molecule has 14 nitrogen and oxygen atoms in total. The molecule has 2 aromatic carbocycles. The van der Waals surface area contributed by atoms with Crippen LogP contribution < -0.4 is 53.6 Å². The molecule has 3 aromatic rings. The maximum Gasteiger partial charge on any atom is 0.271 e. The number of rotatable bonds is 4. The predicted molar refractivity (Wildman–Crippen MR) is 177 cm³/mol. The highest BCUT2D eigenvalue weighted by atomic mass is 79.9. The van der Waals surface area contributed by atoms with E-state index >= 15 is 0 Å². The van der Waals surface area contributed by atoms with Gasteiger partial charge in [-0.3, -0.25) is 28.8 Å².